The van der Waals surface area contributed by atoms with Gasteiger partial charge in [0.15, 0.2) is 10.8 Å². The maximum Gasteiger partial charge on any atom is 0.217 e. The molecule has 3 aliphatic heterocycles. The van der Waals surface area contributed by atoms with E-state index in [0.717, 1.165) is 25.7 Å². The summed E-state index contributed by atoms with van der Waals surface area (Å²) in [4.78, 5) is 0. The lowest BCUT2D eigenvalue weighted by atomic mass is 9.48. The molecule has 6 nitrogen and oxygen atoms in total. The van der Waals surface area contributed by atoms with E-state index in [2.05, 4.69) is 18.2 Å². The van der Waals surface area contributed by atoms with Gasteiger partial charge in [-0.25, -0.2) is 0 Å². The highest BCUT2D eigenvalue weighted by Gasteiger charge is 2.79. The molecule has 4 rings (SSSR count). The van der Waals surface area contributed by atoms with Gasteiger partial charge in [0, 0.05) is 6.42 Å². The van der Waals surface area contributed by atoms with Crippen LogP contribution in [0.25, 0.3) is 0 Å². The molecule has 4 aliphatic rings. The molecule has 4 atom stereocenters. The van der Waals surface area contributed by atoms with E-state index in [-0.39, 0.29) is 5.90 Å². The molecule has 0 aromatic heterocycles. The number of hydrogen-bond acceptors (Lipinski definition) is 6. The van der Waals surface area contributed by atoms with Gasteiger partial charge in [0.25, 0.3) is 0 Å². The van der Waals surface area contributed by atoms with Crippen LogP contribution in [0.15, 0.2) is 0 Å². The number of rotatable bonds is 3. The second-order valence-electron chi connectivity index (χ2n) is 6.74. The average molecular weight is 312 g/mol. The molecular weight excluding hydrogens is 292 g/mol. The number of nitriles is 3. The quantitative estimate of drug-likeness (QED) is 0.860. The third kappa shape index (κ3) is 1.66. The van der Waals surface area contributed by atoms with Crippen molar-refractivity contribution in [1.82, 2.24) is 0 Å². The first-order chi connectivity index (χ1) is 11.1. The first-order valence-corrected chi connectivity index (χ1v) is 8.26. The summed E-state index contributed by atoms with van der Waals surface area (Å²) in [7, 11) is 0. The summed E-state index contributed by atoms with van der Waals surface area (Å²) in [5, 5.41) is 38.1. The van der Waals surface area contributed by atoms with E-state index in [0.29, 0.717) is 19.3 Å². The fourth-order valence-corrected chi connectivity index (χ4v) is 4.62. The molecule has 3 heterocycles. The van der Waals surface area contributed by atoms with Crippen molar-refractivity contribution in [1.29, 1.82) is 21.2 Å². The molecule has 1 aliphatic carbocycles. The summed E-state index contributed by atoms with van der Waals surface area (Å²) >= 11 is 0. The average Bonchev–Trinajstić information content (AvgIpc) is 2.58. The molecule has 4 fully saturated rings. The Hall–Kier alpha value is -2.10. The van der Waals surface area contributed by atoms with Crippen molar-refractivity contribution in [2.75, 3.05) is 0 Å². The van der Waals surface area contributed by atoms with Crippen LogP contribution in [0.1, 0.15) is 51.9 Å². The van der Waals surface area contributed by atoms with Crippen molar-refractivity contribution >= 4 is 5.90 Å². The SMILES string of the molecule is CCCC[C@@H]1O[C@@]23CCCC[C@@H]2C(C#N)(C#N)[C@@]1(C#N)C(=N)O3. The zero-order chi connectivity index (χ0) is 16.7. The minimum atomic E-state index is -1.63. The topological polar surface area (TPSA) is 114 Å². The molecule has 0 radical (unpaired) electrons. The number of nitrogens with zero attached hydrogens (tertiary/aromatic N) is 3. The van der Waals surface area contributed by atoms with Crippen LogP contribution in [-0.2, 0) is 9.47 Å². The Kier molecular flexibility index (Phi) is 3.58. The largest absolute Gasteiger partial charge is 0.447 e. The minimum absolute atomic E-state index is 0.256. The van der Waals surface area contributed by atoms with E-state index >= 15 is 0 Å². The van der Waals surface area contributed by atoms with Crippen LogP contribution < -0.4 is 0 Å². The first kappa shape index (κ1) is 15.8. The van der Waals surface area contributed by atoms with Gasteiger partial charge in [-0.3, -0.25) is 5.41 Å². The maximum absolute atomic E-state index is 9.94. The highest BCUT2D eigenvalue weighted by Crippen LogP contribution is 2.66. The van der Waals surface area contributed by atoms with Gasteiger partial charge in [-0.2, -0.15) is 15.8 Å². The van der Waals surface area contributed by atoms with Crippen molar-refractivity contribution < 1.29 is 9.47 Å². The summed E-state index contributed by atoms with van der Waals surface area (Å²) in [6, 6.07) is 6.39. The summed E-state index contributed by atoms with van der Waals surface area (Å²) in [5.74, 6) is -1.82. The van der Waals surface area contributed by atoms with Gasteiger partial charge >= 0.3 is 0 Å². The smallest absolute Gasteiger partial charge is 0.217 e. The van der Waals surface area contributed by atoms with Crippen LogP contribution in [-0.4, -0.2) is 17.8 Å². The number of hydrogen-bond donors (Lipinski definition) is 1. The van der Waals surface area contributed by atoms with Crippen LogP contribution in [0.4, 0.5) is 0 Å². The van der Waals surface area contributed by atoms with E-state index in [1.54, 1.807) is 0 Å². The lowest BCUT2D eigenvalue weighted by Crippen LogP contribution is -2.75. The highest BCUT2D eigenvalue weighted by atomic mass is 16.7. The third-order valence-corrected chi connectivity index (χ3v) is 5.75. The molecule has 1 saturated carbocycles. The van der Waals surface area contributed by atoms with Gasteiger partial charge in [0.2, 0.25) is 11.7 Å². The number of unbranched alkanes of at least 4 members (excludes halogenated alkanes) is 1. The molecular formula is C17H20N4O2. The van der Waals surface area contributed by atoms with Crippen LogP contribution in [0.3, 0.4) is 0 Å². The van der Waals surface area contributed by atoms with E-state index in [1.165, 1.54) is 0 Å². The van der Waals surface area contributed by atoms with Crippen LogP contribution in [0.5, 0.6) is 0 Å². The zero-order valence-electron chi connectivity index (χ0n) is 13.3. The number of nitrogens with one attached hydrogen (secondary N) is 1. The van der Waals surface area contributed by atoms with Crippen LogP contribution in [0.2, 0.25) is 0 Å². The summed E-state index contributed by atoms with van der Waals surface area (Å²) in [5.41, 5.74) is -3.20. The fraction of sp³-hybridized carbons (Fsp3) is 0.765. The van der Waals surface area contributed by atoms with E-state index in [9.17, 15) is 15.8 Å². The Morgan fingerprint density at radius 3 is 2.57 bits per heavy atom. The summed E-state index contributed by atoms with van der Waals surface area (Å²) in [6.45, 7) is 2.03. The molecule has 1 spiro atoms. The van der Waals surface area contributed by atoms with E-state index in [1.807, 2.05) is 6.92 Å². The third-order valence-electron chi connectivity index (χ3n) is 5.75. The molecule has 120 valence electrons. The standard InChI is InChI=1S/C17H20N4O2/c1-2-3-7-13-16(11-20)14(21)23-17(22-13)8-5-4-6-12(17)15(16,9-18)10-19/h12-13,21H,2-8H2,1H3/t12-,13+,16-,17-/m1/s1. The van der Waals surface area contributed by atoms with Gasteiger partial charge in [0.05, 0.1) is 30.2 Å². The monoisotopic (exact) mass is 312 g/mol. The number of ether oxygens (including phenoxy) is 2. The minimum Gasteiger partial charge on any atom is -0.447 e. The molecule has 0 unspecified atom stereocenters. The Morgan fingerprint density at radius 1 is 1.22 bits per heavy atom. The van der Waals surface area contributed by atoms with Crippen molar-refractivity contribution in [2.45, 2.75) is 63.8 Å². The zero-order valence-corrected chi connectivity index (χ0v) is 13.3. The van der Waals surface area contributed by atoms with Crippen LogP contribution >= 0.6 is 0 Å². The summed E-state index contributed by atoms with van der Waals surface area (Å²) < 4.78 is 12.0. The van der Waals surface area contributed by atoms with Gasteiger partial charge < -0.3 is 9.47 Å². The van der Waals surface area contributed by atoms with Crippen molar-refractivity contribution in [3.8, 4) is 18.2 Å². The Labute approximate surface area is 136 Å². The fourth-order valence-electron chi connectivity index (χ4n) is 4.62. The predicted molar refractivity (Wildman–Crippen MR) is 79.6 cm³/mol. The maximum atomic E-state index is 9.94. The molecule has 23 heavy (non-hydrogen) atoms. The molecule has 2 bridgehead atoms. The van der Waals surface area contributed by atoms with Gasteiger partial charge in [-0.15, -0.1) is 0 Å². The number of fused-ring (bicyclic) bond motifs is 2. The molecule has 0 amide bonds. The molecule has 0 aromatic rings. The lowest BCUT2D eigenvalue weighted by Gasteiger charge is -2.63. The van der Waals surface area contributed by atoms with Crippen molar-refractivity contribution in [2.24, 2.45) is 16.7 Å². The van der Waals surface area contributed by atoms with Gasteiger partial charge in [-0.05, 0) is 19.3 Å². The van der Waals surface area contributed by atoms with E-state index < -0.39 is 28.6 Å². The summed E-state index contributed by atoms with van der Waals surface area (Å²) in [6.07, 6.45) is 4.56. The van der Waals surface area contributed by atoms with Crippen molar-refractivity contribution in [3.05, 3.63) is 0 Å². The van der Waals surface area contributed by atoms with Crippen molar-refractivity contribution in [3.63, 3.8) is 0 Å². The second-order valence-corrected chi connectivity index (χ2v) is 6.74. The second kappa shape index (κ2) is 5.22. The molecule has 1 N–H and O–H groups in total. The van der Waals surface area contributed by atoms with Crippen LogP contribution in [0, 0.1) is 56.2 Å². The first-order valence-electron chi connectivity index (χ1n) is 8.26. The lowest BCUT2D eigenvalue weighted by molar-refractivity contribution is -0.358. The Bertz CT molecular complexity index is 641. The van der Waals surface area contributed by atoms with Gasteiger partial charge in [-0.1, -0.05) is 26.2 Å². The molecule has 3 saturated heterocycles. The Balaban J connectivity index is 2.21. The van der Waals surface area contributed by atoms with Gasteiger partial charge in [0.1, 0.15) is 0 Å². The normalized spacial score (nSPS) is 40.2. The highest BCUT2D eigenvalue weighted by molar-refractivity contribution is 5.88. The Morgan fingerprint density at radius 2 is 1.96 bits per heavy atom. The predicted octanol–water partition coefficient (Wildman–Crippen LogP) is 3.01. The molecule has 0 aromatic carbocycles. The molecule has 6 heteroatoms. The van der Waals surface area contributed by atoms with E-state index in [4.69, 9.17) is 14.9 Å².